The third-order valence-electron chi connectivity index (χ3n) is 3.89. The van der Waals surface area contributed by atoms with Gasteiger partial charge in [0.2, 0.25) is 0 Å². The maximum absolute atomic E-state index is 12.5. The Bertz CT molecular complexity index is 965. The molecule has 26 heavy (non-hydrogen) atoms. The van der Waals surface area contributed by atoms with E-state index in [1.165, 1.54) is 0 Å². The number of esters is 1. The first-order chi connectivity index (χ1) is 12.6. The maximum Gasteiger partial charge on any atom is 0.311 e. The van der Waals surface area contributed by atoms with Gasteiger partial charge in [0.25, 0.3) is 5.91 Å². The van der Waals surface area contributed by atoms with E-state index < -0.39 is 5.91 Å². The number of nitrogens with one attached hydrogen (secondary N) is 1. The molecule has 0 spiro atoms. The number of carbonyl (C=O) groups excluding carboxylic acids is 2. The number of hydrogen-bond acceptors (Lipinski definition) is 4. The fraction of sp³-hybridized carbons (Fsp3) is 0.143. The van der Waals surface area contributed by atoms with Crippen molar-refractivity contribution in [1.82, 2.24) is 0 Å². The van der Waals surface area contributed by atoms with E-state index in [0.717, 1.165) is 10.8 Å². The summed E-state index contributed by atoms with van der Waals surface area (Å²) >= 11 is 0. The van der Waals surface area contributed by atoms with Crippen LogP contribution < -0.4 is 10.1 Å². The highest BCUT2D eigenvalue weighted by molar-refractivity contribution is 6.08. The lowest BCUT2D eigenvalue weighted by atomic mass is 10.1. The van der Waals surface area contributed by atoms with Gasteiger partial charge < -0.3 is 15.2 Å². The third-order valence-corrected chi connectivity index (χ3v) is 3.89. The summed E-state index contributed by atoms with van der Waals surface area (Å²) in [6.07, 6.45) is 1.04. The molecule has 5 nitrogen and oxygen atoms in total. The molecule has 0 aromatic heterocycles. The molecule has 0 fully saturated rings. The minimum absolute atomic E-state index is 0.0910. The molecule has 0 aliphatic rings. The van der Waals surface area contributed by atoms with Gasteiger partial charge in [-0.1, -0.05) is 37.3 Å². The molecule has 5 heteroatoms. The number of aromatic hydroxyl groups is 1. The Kier molecular flexibility index (Phi) is 5.17. The average Bonchev–Trinajstić information content (AvgIpc) is 2.61. The molecule has 2 N–H and O–H groups in total. The SMILES string of the molecule is CCCC(=O)Oc1cccc(NC(=O)c2cc3ccccc3cc2O)c1. The predicted octanol–water partition coefficient (Wildman–Crippen LogP) is 4.50. The lowest BCUT2D eigenvalue weighted by Gasteiger charge is -2.10. The van der Waals surface area contributed by atoms with E-state index in [4.69, 9.17) is 4.74 Å². The molecule has 0 bridgehead atoms. The molecule has 3 aromatic rings. The molecule has 0 radical (unpaired) electrons. The Morgan fingerprint density at radius 2 is 1.73 bits per heavy atom. The smallest absolute Gasteiger partial charge is 0.311 e. The van der Waals surface area contributed by atoms with E-state index in [9.17, 15) is 14.7 Å². The number of phenolic OH excluding ortho intramolecular Hbond substituents is 1. The fourth-order valence-electron chi connectivity index (χ4n) is 2.63. The minimum Gasteiger partial charge on any atom is -0.507 e. The van der Waals surface area contributed by atoms with Crippen LogP contribution in [0.5, 0.6) is 11.5 Å². The summed E-state index contributed by atoms with van der Waals surface area (Å²) in [5.74, 6) is -0.482. The number of rotatable bonds is 5. The highest BCUT2D eigenvalue weighted by atomic mass is 16.5. The molecule has 1 amide bonds. The quantitative estimate of drug-likeness (QED) is 0.525. The molecule has 0 unspecified atom stereocenters. The van der Waals surface area contributed by atoms with Crippen molar-refractivity contribution in [3.8, 4) is 11.5 Å². The highest BCUT2D eigenvalue weighted by Gasteiger charge is 2.13. The van der Waals surface area contributed by atoms with Crippen molar-refractivity contribution in [2.24, 2.45) is 0 Å². The van der Waals surface area contributed by atoms with Crippen molar-refractivity contribution in [2.45, 2.75) is 19.8 Å². The van der Waals surface area contributed by atoms with Crippen molar-refractivity contribution < 1.29 is 19.4 Å². The van der Waals surface area contributed by atoms with Crippen LogP contribution in [0.3, 0.4) is 0 Å². The topological polar surface area (TPSA) is 75.6 Å². The molecule has 3 rings (SSSR count). The van der Waals surface area contributed by atoms with Crippen molar-refractivity contribution in [1.29, 1.82) is 0 Å². The summed E-state index contributed by atoms with van der Waals surface area (Å²) < 4.78 is 5.22. The van der Waals surface area contributed by atoms with Crippen LogP contribution in [0, 0.1) is 0 Å². The number of phenols is 1. The summed E-state index contributed by atoms with van der Waals surface area (Å²) in [6, 6.07) is 17.3. The Hall–Kier alpha value is -3.34. The molecule has 0 saturated heterocycles. The predicted molar refractivity (Wildman–Crippen MR) is 101 cm³/mol. The first-order valence-electron chi connectivity index (χ1n) is 8.40. The van der Waals surface area contributed by atoms with Crippen LogP contribution in [0.25, 0.3) is 10.8 Å². The standard InChI is InChI=1S/C21H19NO4/c1-2-6-20(24)26-17-10-5-9-16(13-17)22-21(25)18-11-14-7-3-4-8-15(14)12-19(18)23/h3-5,7-13,23H,2,6H2,1H3,(H,22,25). The van der Waals surface area contributed by atoms with Crippen molar-refractivity contribution in [2.75, 3.05) is 5.32 Å². The van der Waals surface area contributed by atoms with Crippen LogP contribution in [0.15, 0.2) is 60.7 Å². The molecule has 0 heterocycles. The van der Waals surface area contributed by atoms with Gasteiger partial charge in [-0.3, -0.25) is 9.59 Å². The Morgan fingerprint density at radius 3 is 2.46 bits per heavy atom. The second-order valence-corrected chi connectivity index (χ2v) is 5.92. The van der Waals surface area contributed by atoms with Crippen LogP contribution in [-0.2, 0) is 4.79 Å². The molecule has 0 aliphatic heterocycles. The number of benzene rings is 3. The summed E-state index contributed by atoms with van der Waals surface area (Å²) in [5, 5.41) is 14.6. The van der Waals surface area contributed by atoms with Gasteiger partial charge in [-0.15, -0.1) is 0 Å². The fourth-order valence-corrected chi connectivity index (χ4v) is 2.63. The zero-order chi connectivity index (χ0) is 18.5. The van der Waals surface area contributed by atoms with Gasteiger partial charge >= 0.3 is 5.97 Å². The van der Waals surface area contributed by atoms with Gasteiger partial charge in [-0.2, -0.15) is 0 Å². The first-order valence-corrected chi connectivity index (χ1v) is 8.40. The molecular formula is C21H19NO4. The van der Waals surface area contributed by atoms with Crippen molar-refractivity contribution >= 4 is 28.3 Å². The normalized spacial score (nSPS) is 10.5. The third kappa shape index (κ3) is 4.00. The monoisotopic (exact) mass is 349 g/mol. The number of anilines is 1. The summed E-state index contributed by atoms with van der Waals surface area (Å²) in [7, 11) is 0. The molecule has 0 aliphatic carbocycles. The number of hydrogen-bond donors (Lipinski definition) is 2. The Balaban J connectivity index is 1.80. The van der Waals surface area contributed by atoms with Gasteiger partial charge in [0.1, 0.15) is 11.5 Å². The molecule has 0 atom stereocenters. The van der Waals surface area contributed by atoms with Gasteiger partial charge in [0, 0.05) is 18.2 Å². The van der Waals surface area contributed by atoms with E-state index in [2.05, 4.69) is 5.32 Å². The Morgan fingerprint density at radius 1 is 1.00 bits per heavy atom. The number of amides is 1. The highest BCUT2D eigenvalue weighted by Crippen LogP contribution is 2.26. The Labute approximate surface area is 151 Å². The van der Waals surface area contributed by atoms with E-state index in [1.54, 1.807) is 36.4 Å². The second kappa shape index (κ2) is 7.70. The zero-order valence-corrected chi connectivity index (χ0v) is 14.4. The number of fused-ring (bicyclic) bond motifs is 1. The molecule has 3 aromatic carbocycles. The lowest BCUT2D eigenvalue weighted by molar-refractivity contribution is -0.134. The van der Waals surface area contributed by atoms with Gasteiger partial charge in [-0.25, -0.2) is 0 Å². The largest absolute Gasteiger partial charge is 0.507 e. The van der Waals surface area contributed by atoms with Gasteiger partial charge in [0.05, 0.1) is 5.56 Å². The average molecular weight is 349 g/mol. The summed E-state index contributed by atoms with van der Waals surface area (Å²) in [6.45, 7) is 1.90. The first kappa shape index (κ1) is 17.5. The van der Waals surface area contributed by atoms with Crippen molar-refractivity contribution in [3.05, 3.63) is 66.2 Å². The molecule has 0 saturated carbocycles. The van der Waals surface area contributed by atoms with E-state index >= 15 is 0 Å². The van der Waals surface area contributed by atoms with Crippen LogP contribution in [-0.4, -0.2) is 17.0 Å². The van der Waals surface area contributed by atoms with E-state index in [0.29, 0.717) is 24.3 Å². The van der Waals surface area contributed by atoms with Crippen LogP contribution >= 0.6 is 0 Å². The summed E-state index contributed by atoms with van der Waals surface area (Å²) in [4.78, 5) is 24.1. The number of carbonyl (C=O) groups is 2. The van der Waals surface area contributed by atoms with Crippen molar-refractivity contribution in [3.63, 3.8) is 0 Å². The van der Waals surface area contributed by atoms with Crippen LogP contribution in [0.1, 0.15) is 30.1 Å². The summed E-state index contributed by atoms with van der Waals surface area (Å²) in [5.41, 5.74) is 0.654. The van der Waals surface area contributed by atoms with Crippen LogP contribution in [0.2, 0.25) is 0 Å². The number of ether oxygens (including phenoxy) is 1. The van der Waals surface area contributed by atoms with Gasteiger partial charge in [0.15, 0.2) is 0 Å². The van der Waals surface area contributed by atoms with E-state index in [-0.39, 0.29) is 17.3 Å². The molecule has 132 valence electrons. The molecular weight excluding hydrogens is 330 g/mol. The van der Waals surface area contributed by atoms with E-state index in [1.807, 2.05) is 31.2 Å². The minimum atomic E-state index is -0.440. The lowest BCUT2D eigenvalue weighted by Crippen LogP contribution is -2.12. The van der Waals surface area contributed by atoms with Gasteiger partial charge in [-0.05, 0) is 41.5 Å². The second-order valence-electron chi connectivity index (χ2n) is 5.92. The van der Waals surface area contributed by atoms with Crippen LogP contribution in [0.4, 0.5) is 5.69 Å². The maximum atomic E-state index is 12.5. The zero-order valence-electron chi connectivity index (χ0n) is 14.4.